The largest absolute Gasteiger partial charge is 0.396 e. The van der Waals surface area contributed by atoms with Crippen molar-refractivity contribution in [3.8, 4) is 6.07 Å². The Labute approximate surface area is 87.4 Å². The molecular formula is C9H13N3OS. The summed E-state index contributed by atoms with van der Waals surface area (Å²) in [4.78, 5) is 0. The van der Waals surface area contributed by atoms with Crippen LogP contribution >= 0.6 is 11.5 Å². The van der Waals surface area contributed by atoms with Crippen LogP contribution in [0.1, 0.15) is 24.6 Å². The maximum Gasteiger partial charge on any atom is 0.127 e. The number of nitriles is 1. The summed E-state index contributed by atoms with van der Waals surface area (Å²) in [5, 5.41) is 21.5. The molecule has 0 bridgehead atoms. The van der Waals surface area contributed by atoms with Gasteiger partial charge in [0.1, 0.15) is 16.6 Å². The molecule has 1 atom stereocenters. The van der Waals surface area contributed by atoms with Crippen LogP contribution in [0.3, 0.4) is 0 Å². The molecule has 0 aromatic carbocycles. The van der Waals surface area contributed by atoms with Gasteiger partial charge in [-0.1, -0.05) is 0 Å². The predicted molar refractivity (Wildman–Crippen MR) is 56.4 cm³/mol. The Morgan fingerprint density at radius 3 is 3.00 bits per heavy atom. The van der Waals surface area contributed by atoms with E-state index in [1.807, 2.05) is 13.8 Å². The Kier molecular flexibility index (Phi) is 3.86. The third-order valence-electron chi connectivity index (χ3n) is 1.91. The van der Waals surface area contributed by atoms with Crippen LogP contribution in [-0.4, -0.2) is 22.1 Å². The van der Waals surface area contributed by atoms with Gasteiger partial charge in [-0.05, 0) is 31.8 Å². The summed E-state index contributed by atoms with van der Waals surface area (Å²) < 4.78 is 4.09. The normalized spacial score (nSPS) is 12.1. The highest BCUT2D eigenvalue weighted by Gasteiger charge is 2.11. The molecule has 1 rings (SSSR count). The number of hydrogen-bond donors (Lipinski definition) is 2. The molecule has 0 unspecified atom stereocenters. The minimum absolute atomic E-state index is 0.147. The van der Waals surface area contributed by atoms with E-state index in [1.54, 1.807) is 0 Å². The average Bonchev–Trinajstić information content (AvgIpc) is 2.47. The predicted octanol–water partition coefficient (Wildman–Crippen LogP) is 1.51. The first-order valence-corrected chi connectivity index (χ1v) is 5.20. The molecule has 14 heavy (non-hydrogen) atoms. The topological polar surface area (TPSA) is 68.9 Å². The van der Waals surface area contributed by atoms with E-state index in [9.17, 15) is 0 Å². The number of aryl methyl sites for hydroxylation is 1. The van der Waals surface area contributed by atoms with Crippen molar-refractivity contribution in [2.75, 3.05) is 11.9 Å². The van der Waals surface area contributed by atoms with Crippen molar-refractivity contribution >= 4 is 16.5 Å². The maximum absolute atomic E-state index is 8.86. The lowest BCUT2D eigenvalue weighted by molar-refractivity contribution is 0.282. The van der Waals surface area contributed by atoms with Crippen LogP contribution in [0.2, 0.25) is 0 Å². The Balaban J connectivity index is 2.72. The molecule has 1 heterocycles. The van der Waals surface area contributed by atoms with Crippen LogP contribution in [0.15, 0.2) is 0 Å². The fourth-order valence-corrected chi connectivity index (χ4v) is 1.95. The van der Waals surface area contributed by atoms with E-state index in [-0.39, 0.29) is 12.6 Å². The van der Waals surface area contributed by atoms with Crippen LogP contribution in [-0.2, 0) is 0 Å². The number of hydrogen-bond acceptors (Lipinski definition) is 5. The molecule has 0 spiro atoms. The van der Waals surface area contributed by atoms with Gasteiger partial charge in [0.25, 0.3) is 0 Å². The second-order valence-corrected chi connectivity index (χ2v) is 3.91. The molecule has 0 radical (unpaired) electrons. The van der Waals surface area contributed by atoms with Gasteiger partial charge in [0, 0.05) is 12.6 Å². The van der Waals surface area contributed by atoms with Crippen molar-refractivity contribution < 1.29 is 5.11 Å². The Morgan fingerprint density at radius 2 is 2.43 bits per heavy atom. The zero-order valence-electron chi connectivity index (χ0n) is 8.24. The smallest absolute Gasteiger partial charge is 0.127 e. The molecule has 0 saturated carbocycles. The molecule has 0 amide bonds. The van der Waals surface area contributed by atoms with Gasteiger partial charge in [0.15, 0.2) is 0 Å². The molecule has 2 N–H and O–H groups in total. The van der Waals surface area contributed by atoms with Gasteiger partial charge >= 0.3 is 0 Å². The molecule has 1 aromatic rings. The first kappa shape index (κ1) is 11.0. The van der Waals surface area contributed by atoms with Crippen molar-refractivity contribution in [2.45, 2.75) is 26.3 Å². The van der Waals surface area contributed by atoms with Gasteiger partial charge < -0.3 is 10.4 Å². The van der Waals surface area contributed by atoms with Crippen LogP contribution < -0.4 is 5.32 Å². The van der Waals surface area contributed by atoms with Crippen molar-refractivity contribution in [2.24, 2.45) is 0 Å². The molecule has 0 aliphatic heterocycles. The summed E-state index contributed by atoms with van der Waals surface area (Å²) in [6.07, 6.45) is 0.668. The van der Waals surface area contributed by atoms with Gasteiger partial charge in [-0.3, -0.25) is 0 Å². The maximum atomic E-state index is 8.86. The summed E-state index contributed by atoms with van der Waals surface area (Å²) >= 11 is 1.29. The van der Waals surface area contributed by atoms with Crippen molar-refractivity contribution in [1.82, 2.24) is 4.37 Å². The minimum Gasteiger partial charge on any atom is -0.396 e. The number of rotatable bonds is 4. The Hall–Kier alpha value is -1.12. The molecule has 76 valence electrons. The third kappa shape index (κ3) is 2.44. The number of nitrogens with one attached hydrogen (secondary N) is 1. The third-order valence-corrected chi connectivity index (χ3v) is 2.78. The van der Waals surface area contributed by atoms with Crippen molar-refractivity contribution in [3.63, 3.8) is 0 Å². The molecule has 0 saturated heterocycles. The number of anilines is 1. The average molecular weight is 211 g/mol. The second-order valence-electron chi connectivity index (χ2n) is 3.14. The fourth-order valence-electron chi connectivity index (χ4n) is 1.09. The molecule has 1 aromatic heterocycles. The number of nitrogens with zero attached hydrogens (tertiary/aromatic N) is 2. The van der Waals surface area contributed by atoms with Crippen LogP contribution in [0.4, 0.5) is 5.00 Å². The summed E-state index contributed by atoms with van der Waals surface area (Å²) in [6.45, 7) is 3.93. The van der Waals surface area contributed by atoms with Gasteiger partial charge in [-0.25, -0.2) is 0 Å². The zero-order chi connectivity index (χ0) is 10.6. The molecule has 5 heteroatoms. The molecule has 0 aliphatic rings. The SMILES string of the molecule is Cc1nsc(N[C@@H](C)CCO)c1C#N. The quantitative estimate of drug-likeness (QED) is 0.792. The molecular weight excluding hydrogens is 198 g/mol. The van der Waals surface area contributed by atoms with Crippen LogP contribution in [0.5, 0.6) is 0 Å². The van der Waals surface area contributed by atoms with Gasteiger partial charge in [-0.2, -0.15) is 9.64 Å². The van der Waals surface area contributed by atoms with Crippen LogP contribution in [0, 0.1) is 18.3 Å². The lowest BCUT2D eigenvalue weighted by Gasteiger charge is -2.11. The zero-order valence-corrected chi connectivity index (χ0v) is 9.06. The highest BCUT2D eigenvalue weighted by Crippen LogP contribution is 2.24. The van der Waals surface area contributed by atoms with Crippen LogP contribution in [0.25, 0.3) is 0 Å². The van der Waals surface area contributed by atoms with E-state index >= 15 is 0 Å². The summed E-state index contributed by atoms with van der Waals surface area (Å²) in [5.41, 5.74) is 1.37. The highest BCUT2D eigenvalue weighted by atomic mass is 32.1. The first-order valence-electron chi connectivity index (χ1n) is 4.42. The van der Waals surface area contributed by atoms with Crippen molar-refractivity contribution in [1.29, 1.82) is 5.26 Å². The fraction of sp³-hybridized carbons (Fsp3) is 0.556. The summed E-state index contributed by atoms with van der Waals surface area (Å²) in [6, 6.07) is 2.27. The van der Waals surface area contributed by atoms with E-state index in [0.29, 0.717) is 12.0 Å². The lowest BCUT2D eigenvalue weighted by Crippen LogP contribution is -2.16. The van der Waals surface area contributed by atoms with Crippen molar-refractivity contribution in [3.05, 3.63) is 11.3 Å². The van der Waals surface area contributed by atoms with E-state index in [2.05, 4.69) is 15.8 Å². The van der Waals surface area contributed by atoms with E-state index in [1.165, 1.54) is 11.5 Å². The highest BCUT2D eigenvalue weighted by molar-refractivity contribution is 7.10. The first-order chi connectivity index (χ1) is 6.69. The molecule has 4 nitrogen and oxygen atoms in total. The minimum atomic E-state index is 0.147. The summed E-state index contributed by atoms with van der Waals surface area (Å²) in [5.74, 6) is 0. The number of aliphatic hydroxyl groups excluding tert-OH is 1. The molecule has 0 fully saturated rings. The number of aliphatic hydroxyl groups is 1. The Bertz CT molecular complexity index is 342. The Morgan fingerprint density at radius 1 is 1.71 bits per heavy atom. The van der Waals surface area contributed by atoms with Gasteiger partial charge in [-0.15, -0.1) is 0 Å². The van der Waals surface area contributed by atoms with Gasteiger partial charge in [0.05, 0.1) is 5.69 Å². The lowest BCUT2D eigenvalue weighted by atomic mass is 10.2. The second kappa shape index (κ2) is 4.94. The standard InChI is InChI=1S/C9H13N3OS/c1-6(3-4-13)11-9-8(5-10)7(2)12-14-9/h6,11,13H,3-4H2,1-2H3/t6-/m0/s1. The van der Waals surface area contributed by atoms with E-state index < -0.39 is 0 Å². The monoisotopic (exact) mass is 211 g/mol. The summed E-state index contributed by atoms with van der Waals surface area (Å²) in [7, 11) is 0. The number of aromatic nitrogens is 1. The van der Waals surface area contributed by atoms with E-state index in [4.69, 9.17) is 10.4 Å². The van der Waals surface area contributed by atoms with Gasteiger partial charge in [0.2, 0.25) is 0 Å². The molecule has 0 aliphatic carbocycles. The van der Waals surface area contributed by atoms with E-state index in [0.717, 1.165) is 10.7 Å².